The summed E-state index contributed by atoms with van der Waals surface area (Å²) in [4.78, 5) is 17.8. The predicted octanol–water partition coefficient (Wildman–Crippen LogP) is 0.00520. The number of rotatable bonds is 6. The summed E-state index contributed by atoms with van der Waals surface area (Å²) in [7, 11) is 0.439. The molecule has 0 spiro atoms. The summed E-state index contributed by atoms with van der Waals surface area (Å²) in [6, 6.07) is 0. The Labute approximate surface area is 140 Å². The van der Waals surface area contributed by atoms with Gasteiger partial charge in [0.15, 0.2) is 0 Å². The van der Waals surface area contributed by atoms with Gasteiger partial charge >= 0.3 is 23.1 Å². The van der Waals surface area contributed by atoms with E-state index >= 15 is 0 Å². The first-order valence-corrected chi connectivity index (χ1v) is 8.28. The van der Waals surface area contributed by atoms with Crippen LogP contribution in [0.3, 0.4) is 0 Å². The summed E-state index contributed by atoms with van der Waals surface area (Å²) in [5.74, 6) is -2.17. The molecule has 0 aromatic carbocycles. The average Bonchev–Trinajstić information content (AvgIpc) is 2.17. The van der Waals surface area contributed by atoms with Crippen molar-refractivity contribution in [3.8, 4) is 0 Å². The van der Waals surface area contributed by atoms with Crippen LogP contribution in [0.1, 0.15) is 53.9 Å². The molecule has 0 fully saturated rings. The van der Waals surface area contributed by atoms with Gasteiger partial charge in [0.2, 0.25) is 0 Å². The molecule has 0 heterocycles. The Morgan fingerprint density at radius 3 is 1.05 bits per heavy atom. The number of carboxylic acid groups (broad SMARTS) is 2. The number of carboxylic acids is 2. The molecule has 0 bridgehead atoms. The molecule has 0 rings (SSSR count). The Morgan fingerprint density at radius 1 is 0.800 bits per heavy atom. The summed E-state index contributed by atoms with van der Waals surface area (Å²) in [6.07, 6.45) is 8.72. The van der Waals surface area contributed by atoms with Crippen molar-refractivity contribution < 1.29 is 25.3 Å². The number of aliphatic carboxylic acids is 2. The summed E-state index contributed by atoms with van der Waals surface area (Å²) >= 11 is 0. The predicted molar refractivity (Wildman–Crippen MR) is 83.1 cm³/mol. The van der Waals surface area contributed by atoms with Crippen LogP contribution >= 0.6 is 7.92 Å². The smallest absolute Gasteiger partial charge is 0.550 e. The van der Waals surface area contributed by atoms with Gasteiger partial charge < -0.3 is 25.3 Å². The van der Waals surface area contributed by atoms with Gasteiger partial charge in [0.1, 0.15) is 0 Å². The minimum absolute atomic E-state index is 0. The van der Waals surface area contributed by atoms with Gasteiger partial charge in [0.25, 0.3) is 0 Å². The first-order valence-electron chi connectivity index (χ1n) is 6.39. The molecular formula is C13H29MgO5P. The van der Waals surface area contributed by atoms with Crippen LogP contribution in [0.15, 0.2) is 0 Å². The maximum Gasteiger partial charge on any atom is 2.00 e. The molecule has 5 nitrogen and oxygen atoms in total. The second-order valence-electron chi connectivity index (χ2n) is 3.82. The van der Waals surface area contributed by atoms with Crippen LogP contribution in [-0.2, 0) is 9.59 Å². The first kappa shape index (κ1) is 32.2. The molecule has 0 saturated heterocycles. The zero-order valence-electron chi connectivity index (χ0n) is 13.5. The quantitative estimate of drug-likeness (QED) is 0.506. The first-order chi connectivity index (χ1) is 8.31. The zero-order valence-corrected chi connectivity index (χ0v) is 15.8. The Balaban J connectivity index is -0.0000000637. The van der Waals surface area contributed by atoms with Crippen molar-refractivity contribution in [2.75, 3.05) is 18.5 Å². The minimum Gasteiger partial charge on any atom is -0.550 e. The molecular weight excluding hydrogens is 291 g/mol. The largest absolute Gasteiger partial charge is 2.00 e. The monoisotopic (exact) mass is 320 g/mol. The molecule has 0 atom stereocenters. The molecule has 0 amide bonds. The van der Waals surface area contributed by atoms with Crippen LogP contribution in [0.5, 0.6) is 0 Å². The summed E-state index contributed by atoms with van der Waals surface area (Å²) < 4.78 is 0. The minimum atomic E-state index is -1.08. The van der Waals surface area contributed by atoms with E-state index in [-0.39, 0.29) is 28.5 Å². The third kappa shape index (κ3) is 63.9. The second kappa shape index (κ2) is 27.4. The van der Waals surface area contributed by atoms with Crippen LogP contribution in [0.4, 0.5) is 0 Å². The Morgan fingerprint density at radius 2 is 0.950 bits per heavy atom. The molecule has 7 heteroatoms. The molecule has 20 heavy (non-hydrogen) atoms. The van der Waals surface area contributed by atoms with Crippen molar-refractivity contribution >= 4 is 42.9 Å². The van der Waals surface area contributed by atoms with Gasteiger partial charge in [-0.15, -0.1) is 7.92 Å². The van der Waals surface area contributed by atoms with Crippen molar-refractivity contribution in [3.05, 3.63) is 0 Å². The molecule has 0 aliphatic carbocycles. The summed E-state index contributed by atoms with van der Waals surface area (Å²) in [5, 5.41) is 17.8. The fourth-order valence-electron chi connectivity index (χ4n) is 1.28. The van der Waals surface area contributed by atoms with Crippen LogP contribution in [-0.4, -0.2) is 59.0 Å². The van der Waals surface area contributed by atoms with E-state index in [1.165, 1.54) is 37.7 Å². The topological polar surface area (TPSA) is 112 Å². The van der Waals surface area contributed by atoms with E-state index in [1.807, 2.05) is 0 Å². The van der Waals surface area contributed by atoms with Crippen molar-refractivity contribution in [2.45, 2.75) is 53.9 Å². The fraction of sp³-hybridized carbons (Fsp3) is 0.846. The molecule has 0 aliphatic rings. The van der Waals surface area contributed by atoms with Crippen molar-refractivity contribution in [2.24, 2.45) is 0 Å². The van der Waals surface area contributed by atoms with Crippen LogP contribution in [0, 0.1) is 0 Å². The van der Waals surface area contributed by atoms with Crippen LogP contribution in [0.2, 0.25) is 0 Å². The van der Waals surface area contributed by atoms with Gasteiger partial charge in [-0.1, -0.05) is 40.0 Å². The molecule has 0 aliphatic heterocycles. The van der Waals surface area contributed by atoms with E-state index in [4.69, 9.17) is 19.8 Å². The Hall–Kier alpha value is 0.0962. The SMILES string of the molecule is CC(=O)[O-].CC(=O)[O-].CCCP(CCC)CCC.O.[Mg+2]. The molecule has 0 aromatic heterocycles. The van der Waals surface area contributed by atoms with E-state index in [0.29, 0.717) is 7.92 Å². The van der Waals surface area contributed by atoms with E-state index < -0.39 is 11.9 Å². The molecule has 118 valence electrons. The van der Waals surface area contributed by atoms with Crippen molar-refractivity contribution in [3.63, 3.8) is 0 Å². The van der Waals surface area contributed by atoms with Gasteiger partial charge in [0.05, 0.1) is 0 Å². The van der Waals surface area contributed by atoms with Gasteiger partial charge in [0, 0.05) is 11.9 Å². The Kier molecular flexibility index (Phi) is 44.1. The maximum absolute atomic E-state index is 8.89. The molecule has 0 radical (unpaired) electrons. The molecule has 2 N–H and O–H groups in total. The van der Waals surface area contributed by atoms with Gasteiger partial charge in [-0.05, 0) is 32.3 Å². The standard InChI is InChI=1S/C9H21P.2C2H4O2.Mg.H2O/c1-4-7-10(8-5-2)9-6-3;2*1-2(3)4;;/h4-9H2,1-3H3;2*1H3,(H,3,4);;1H2/q;;;+2;/p-2. The van der Waals surface area contributed by atoms with E-state index in [9.17, 15) is 0 Å². The van der Waals surface area contributed by atoms with Crippen LogP contribution < -0.4 is 10.2 Å². The third-order valence-electron chi connectivity index (χ3n) is 1.62. The summed E-state index contributed by atoms with van der Waals surface area (Å²) in [6.45, 7) is 8.86. The number of carbonyl (C=O) groups excluding carboxylic acids is 2. The maximum atomic E-state index is 8.89. The van der Waals surface area contributed by atoms with E-state index in [1.54, 1.807) is 0 Å². The van der Waals surface area contributed by atoms with Crippen molar-refractivity contribution in [1.82, 2.24) is 0 Å². The fourth-order valence-corrected chi connectivity index (χ4v) is 3.85. The third-order valence-corrected chi connectivity index (χ3v) is 4.86. The second-order valence-corrected chi connectivity index (χ2v) is 6.51. The molecule has 0 unspecified atom stereocenters. The average molecular weight is 321 g/mol. The van der Waals surface area contributed by atoms with Crippen molar-refractivity contribution in [1.29, 1.82) is 0 Å². The molecule has 0 saturated carbocycles. The van der Waals surface area contributed by atoms with Gasteiger partial charge in [-0.25, -0.2) is 0 Å². The number of carbonyl (C=O) groups is 2. The van der Waals surface area contributed by atoms with Gasteiger partial charge in [-0.2, -0.15) is 0 Å². The zero-order chi connectivity index (χ0) is 15.0. The molecule has 0 aromatic rings. The number of hydrogen-bond acceptors (Lipinski definition) is 4. The van der Waals surface area contributed by atoms with E-state index in [0.717, 1.165) is 13.8 Å². The number of hydrogen-bond donors (Lipinski definition) is 0. The van der Waals surface area contributed by atoms with Crippen LogP contribution in [0.25, 0.3) is 0 Å². The van der Waals surface area contributed by atoms with E-state index in [2.05, 4.69) is 20.8 Å². The normalized spacial score (nSPS) is 7.90. The summed E-state index contributed by atoms with van der Waals surface area (Å²) in [5.41, 5.74) is 0. The van der Waals surface area contributed by atoms with Gasteiger partial charge in [-0.3, -0.25) is 0 Å². The Bertz CT molecular complexity index is 169.